The number of hydrogen-bond acceptors (Lipinski definition) is 5. The molecule has 4 aromatic rings. The summed E-state index contributed by atoms with van der Waals surface area (Å²) in [5, 5.41) is 9.30. The van der Waals surface area contributed by atoms with E-state index in [1.165, 1.54) is 6.07 Å². The summed E-state index contributed by atoms with van der Waals surface area (Å²) in [5.41, 5.74) is 1.70. The van der Waals surface area contributed by atoms with Crippen LogP contribution in [0.5, 0.6) is 17.2 Å². The Morgan fingerprint density at radius 1 is 0.967 bits per heavy atom. The number of aryl methyl sites for hydroxylation is 1. The Balaban J connectivity index is 1.47. The van der Waals surface area contributed by atoms with Crippen molar-refractivity contribution in [2.75, 3.05) is 0 Å². The molecule has 4 rings (SSSR count). The molecule has 150 valence electrons. The van der Waals surface area contributed by atoms with Crippen molar-refractivity contribution in [3.05, 3.63) is 95.9 Å². The van der Waals surface area contributed by atoms with Crippen molar-refractivity contribution in [3.63, 3.8) is 0 Å². The van der Waals surface area contributed by atoms with Gasteiger partial charge in [0, 0.05) is 11.6 Å². The number of hydrogen-bond donors (Lipinski definition) is 1. The van der Waals surface area contributed by atoms with Crippen LogP contribution < -0.4 is 9.47 Å². The maximum Gasteiger partial charge on any atom is 0.339 e. The normalized spacial score (nSPS) is 10.6. The molecular formula is C24H19NO5. The summed E-state index contributed by atoms with van der Waals surface area (Å²) in [7, 11) is 0. The molecular weight excluding hydrogens is 382 g/mol. The minimum atomic E-state index is -1.05. The molecule has 0 saturated heterocycles. The lowest BCUT2D eigenvalue weighted by Gasteiger charge is -2.10. The zero-order valence-corrected chi connectivity index (χ0v) is 16.2. The van der Waals surface area contributed by atoms with Crippen molar-refractivity contribution in [1.82, 2.24) is 4.98 Å². The van der Waals surface area contributed by atoms with Gasteiger partial charge in [-0.1, -0.05) is 36.4 Å². The third-order valence-electron chi connectivity index (χ3n) is 4.44. The van der Waals surface area contributed by atoms with E-state index in [1.807, 2.05) is 37.3 Å². The van der Waals surface area contributed by atoms with Crippen molar-refractivity contribution >= 4 is 5.97 Å². The molecule has 0 bridgehead atoms. The highest BCUT2D eigenvalue weighted by atomic mass is 16.5. The van der Waals surface area contributed by atoms with Gasteiger partial charge in [0.1, 0.15) is 40.9 Å². The van der Waals surface area contributed by atoms with E-state index in [0.29, 0.717) is 28.8 Å². The maximum absolute atomic E-state index is 11.4. The van der Waals surface area contributed by atoms with Crippen molar-refractivity contribution in [1.29, 1.82) is 0 Å². The van der Waals surface area contributed by atoms with Gasteiger partial charge in [-0.2, -0.15) is 0 Å². The Labute approximate surface area is 173 Å². The lowest BCUT2D eigenvalue weighted by Crippen LogP contribution is -2.00. The lowest BCUT2D eigenvalue weighted by atomic mass is 10.2. The highest BCUT2D eigenvalue weighted by Crippen LogP contribution is 2.29. The fraction of sp³-hybridized carbons (Fsp3) is 0.0833. The number of carbonyl (C=O) groups is 1. The number of oxazole rings is 1. The van der Waals surface area contributed by atoms with Crippen LogP contribution in [0.3, 0.4) is 0 Å². The number of rotatable bonds is 7. The molecule has 1 aromatic heterocycles. The van der Waals surface area contributed by atoms with Crippen LogP contribution in [-0.4, -0.2) is 16.1 Å². The predicted octanol–water partition coefficient (Wildman–Crippen LogP) is 5.72. The molecule has 0 aliphatic heterocycles. The molecule has 0 radical (unpaired) electrons. The minimum absolute atomic E-state index is 0.0930. The summed E-state index contributed by atoms with van der Waals surface area (Å²) in [5.74, 6) is 1.51. The molecule has 0 saturated carbocycles. The number of carboxylic acids is 1. The molecule has 3 aromatic carbocycles. The lowest BCUT2D eigenvalue weighted by molar-refractivity contribution is 0.0694. The monoisotopic (exact) mass is 401 g/mol. The first-order valence-corrected chi connectivity index (χ1v) is 9.35. The average molecular weight is 401 g/mol. The van der Waals surface area contributed by atoms with Crippen molar-refractivity contribution in [2.45, 2.75) is 13.5 Å². The SMILES string of the molecule is Cc1oc(-c2ccccc2)nc1COc1cccc(Oc2ccccc2C(=O)O)c1. The number of ether oxygens (including phenoxy) is 2. The highest BCUT2D eigenvalue weighted by molar-refractivity contribution is 5.90. The summed E-state index contributed by atoms with van der Waals surface area (Å²) in [6, 6.07) is 23.2. The van der Waals surface area contributed by atoms with Crippen LogP contribution >= 0.6 is 0 Å². The van der Waals surface area contributed by atoms with Gasteiger partial charge in [-0.3, -0.25) is 0 Å². The Kier molecular flexibility index (Phi) is 5.48. The van der Waals surface area contributed by atoms with E-state index >= 15 is 0 Å². The van der Waals surface area contributed by atoms with Gasteiger partial charge in [0.25, 0.3) is 0 Å². The van der Waals surface area contributed by atoms with Gasteiger partial charge in [-0.15, -0.1) is 0 Å². The molecule has 1 heterocycles. The van der Waals surface area contributed by atoms with Gasteiger partial charge in [0.15, 0.2) is 0 Å². The van der Waals surface area contributed by atoms with Crippen LogP contribution in [0.15, 0.2) is 83.3 Å². The summed E-state index contributed by atoms with van der Waals surface area (Å²) in [6.45, 7) is 2.08. The molecule has 0 amide bonds. The fourth-order valence-electron chi connectivity index (χ4n) is 2.90. The molecule has 0 spiro atoms. The zero-order chi connectivity index (χ0) is 20.9. The molecule has 0 unspecified atom stereocenters. The van der Waals surface area contributed by atoms with E-state index < -0.39 is 5.97 Å². The molecule has 6 heteroatoms. The smallest absolute Gasteiger partial charge is 0.339 e. The van der Waals surface area contributed by atoms with E-state index in [4.69, 9.17) is 13.9 Å². The van der Waals surface area contributed by atoms with Crippen molar-refractivity contribution in [3.8, 4) is 28.7 Å². The first-order chi connectivity index (χ1) is 14.6. The Bertz CT molecular complexity index is 1170. The van der Waals surface area contributed by atoms with E-state index in [9.17, 15) is 9.90 Å². The van der Waals surface area contributed by atoms with E-state index in [2.05, 4.69) is 4.98 Å². The van der Waals surface area contributed by atoms with Crippen LogP contribution in [0.25, 0.3) is 11.5 Å². The molecule has 30 heavy (non-hydrogen) atoms. The predicted molar refractivity (Wildman–Crippen MR) is 111 cm³/mol. The van der Waals surface area contributed by atoms with Crippen LogP contribution in [0.2, 0.25) is 0 Å². The number of para-hydroxylation sites is 1. The Morgan fingerprint density at radius 2 is 1.70 bits per heavy atom. The molecule has 0 atom stereocenters. The Morgan fingerprint density at radius 3 is 2.50 bits per heavy atom. The first kappa shape index (κ1) is 19.3. The molecule has 0 fully saturated rings. The van der Waals surface area contributed by atoms with Crippen LogP contribution in [0.1, 0.15) is 21.8 Å². The summed E-state index contributed by atoms with van der Waals surface area (Å²) in [6.07, 6.45) is 0. The summed E-state index contributed by atoms with van der Waals surface area (Å²) < 4.78 is 17.4. The number of benzene rings is 3. The van der Waals surface area contributed by atoms with Crippen molar-refractivity contribution < 1.29 is 23.8 Å². The number of aromatic carboxylic acids is 1. The second kappa shape index (κ2) is 8.53. The molecule has 0 aliphatic rings. The second-order valence-corrected chi connectivity index (χ2v) is 6.55. The molecule has 6 nitrogen and oxygen atoms in total. The van der Waals surface area contributed by atoms with Gasteiger partial charge in [0.2, 0.25) is 5.89 Å². The average Bonchev–Trinajstić information content (AvgIpc) is 3.14. The fourth-order valence-corrected chi connectivity index (χ4v) is 2.90. The van der Waals surface area contributed by atoms with Gasteiger partial charge >= 0.3 is 5.97 Å². The standard InChI is InChI=1S/C24H19NO5/c1-16-21(25-23(29-16)17-8-3-2-4-9-17)15-28-18-10-7-11-19(14-18)30-22-13-6-5-12-20(22)24(26)27/h2-14H,15H2,1H3,(H,26,27). The molecule has 0 aliphatic carbocycles. The van der Waals surface area contributed by atoms with E-state index in [1.54, 1.807) is 42.5 Å². The number of carboxylic acid groups (broad SMARTS) is 1. The van der Waals surface area contributed by atoms with E-state index in [-0.39, 0.29) is 17.9 Å². The van der Waals surface area contributed by atoms with Gasteiger partial charge in [-0.05, 0) is 43.3 Å². The van der Waals surface area contributed by atoms with Crippen LogP contribution in [0.4, 0.5) is 0 Å². The van der Waals surface area contributed by atoms with Crippen molar-refractivity contribution in [2.24, 2.45) is 0 Å². The summed E-state index contributed by atoms with van der Waals surface area (Å²) in [4.78, 5) is 15.9. The van der Waals surface area contributed by atoms with Gasteiger partial charge < -0.3 is 19.0 Å². The zero-order valence-electron chi connectivity index (χ0n) is 16.2. The minimum Gasteiger partial charge on any atom is -0.487 e. The number of nitrogens with zero attached hydrogens (tertiary/aromatic N) is 1. The number of aromatic nitrogens is 1. The van der Waals surface area contributed by atoms with E-state index in [0.717, 1.165) is 5.56 Å². The first-order valence-electron chi connectivity index (χ1n) is 9.35. The van der Waals surface area contributed by atoms with Crippen LogP contribution in [0, 0.1) is 6.92 Å². The van der Waals surface area contributed by atoms with Gasteiger partial charge in [-0.25, -0.2) is 9.78 Å². The molecule has 1 N–H and O–H groups in total. The Hall–Kier alpha value is -4.06. The largest absolute Gasteiger partial charge is 0.487 e. The highest BCUT2D eigenvalue weighted by Gasteiger charge is 2.13. The van der Waals surface area contributed by atoms with Crippen LogP contribution in [-0.2, 0) is 6.61 Å². The van der Waals surface area contributed by atoms with Gasteiger partial charge in [0.05, 0.1) is 0 Å². The maximum atomic E-state index is 11.4. The quantitative estimate of drug-likeness (QED) is 0.426. The third kappa shape index (κ3) is 4.33. The summed E-state index contributed by atoms with van der Waals surface area (Å²) >= 11 is 0. The third-order valence-corrected chi connectivity index (χ3v) is 4.44. The second-order valence-electron chi connectivity index (χ2n) is 6.55. The topological polar surface area (TPSA) is 81.8 Å².